The summed E-state index contributed by atoms with van der Waals surface area (Å²) in [5.74, 6) is 0.577. The molecule has 27 heavy (non-hydrogen) atoms. The predicted octanol–water partition coefficient (Wildman–Crippen LogP) is 2.72. The van der Waals surface area contributed by atoms with Gasteiger partial charge < -0.3 is 14.8 Å². The van der Waals surface area contributed by atoms with Crippen molar-refractivity contribution in [3.05, 3.63) is 77.0 Å². The summed E-state index contributed by atoms with van der Waals surface area (Å²) in [6, 6.07) is 13.2. The average Bonchev–Trinajstić information content (AvgIpc) is 3.28. The molecule has 6 heteroatoms. The van der Waals surface area contributed by atoms with Crippen molar-refractivity contribution < 1.29 is 14.3 Å². The molecule has 3 rings (SSSR count). The molecule has 0 fully saturated rings. The summed E-state index contributed by atoms with van der Waals surface area (Å²) in [6.45, 7) is 5.06. The predicted molar refractivity (Wildman–Crippen MR) is 103 cm³/mol. The van der Waals surface area contributed by atoms with Gasteiger partial charge in [0.2, 0.25) is 0 Å². The number of furan rings is 1. The van der Waals surface area contributed by atoms with Gasteiger partial charge in [-0.25, -0.2) is 0 Å². The van der Waals surface area contributed by atoms with E-state index in [9.17, 15) is 9.90 Å². The van der Waals surface area contributed by atoms with Crippen LogP contribution in [0.3, 0.4) is 0 Å². The molecule has 3 aromatic rings. The van der Waals surface area contributed by atoms with Gasteiger partial charge in [-0.3, -0.25) is 9.48 Å². The summed E-state index contributed by atoms with van der Waals surface area (Å²) in [4.78, 5) is 12.4. The van der Waals surface area contributed by atoms with Crippen LogP contribution in [-0.4, -0.2) is 33.9 Å². The lowest BCUT2D eigenvalue weighted by Gasteiger charge is -2.14. The average molecular weight is 367 g/mol. The zero-order chi connectivity index (χ0) is 19.2. The van der Waals surface area contributed by atoms with Crippen molar-refractivity contribution in [3.8, 4) is 0 Å². The monoisotopic (exact) mass is 367 g/mol. The molecular weight excluding hydrogens is 342 g/mol. The second kappa shape index (κ2) is 8.68. The zero-order valence-electron chi connectivity index (χ0n) is 15.7. The van der Waals surface area contributed by atoms with Crippen molar-refractivity contribution in [1.29, 1.82) is 0 Å². The molecule has 0 aliphatic heterocycles. The lowest BCUT2D eigenvalue weighted by atomic mass is 10.0. The van der Waals surface area contributed by atoms with E-state index in [2.05, 4.69) is 10.4 Å². The third-order valence-electron chi connectivity index (χ3n) is 4.53. The minimum absolute atomic E-state index is 0.0114. The second-order valence-electron chi connectivity index (χ2n) is 6.82. The maximum atomic E-state index is 12.4. The number of carbonyl (C=O) groups is 1. The lowest BCUT2D eigenvalue weighted by Crippen LogP contribution is -2.31. The summed E-state index contributed by atoms with van der Waals surface area (Å²) in [5, 5.41) is 16.9. The summed E-state index contributed by atoms with van der Waals surface area (Å²) in [7, 11) is 0. The second-order valence-corrected chi connectivity index (χ2v) is 6.82. The van der Waals surface area contributed by atoms with Crippen LogP contribution >= 0.6 is 0 Å². The van der Waals surface area contributed by atoms with E-state index < -0.39 is 0 Å². The summed E-state index contributed by atoms with van der Waals surface area (Å²) >= 11 is 0. The highest BCUT2D eigenvalue weighted by Gasteiger charge is 2.13. The topological polar surface area (TPSA) is 80.3 Å². The van der Waals surface area contributed by atoms with Crippen LogP contribution in [0.1, 0.15) is 33.1 Å². The molecule has 2 aromatic heterocycles. The Hall–Kier alpha value is -2.86. The first-order valence-corrected chi connectivity index (χ1v) is 9.06. The molecular formula is C21H25N3O3. The maximum absolute atomic E-state index is 12.4. The Balaban J connectivity index is 1.54. The van der Waals surface area contributed by atoms with Gasteiger partial charge in [0.25, 0.3) is 5.91 Å². The molecule has 0 spiro atoms. The molecule has 0 saturated heterocycles. The van der Waals surface area contributed by atoms with E-state index in [4.69, 9.17) is 4.42 Å². The van der Waals surface area contributed by atoms with Gasteiger partial charge in [0.15, 0.2) is 0 Å². The van der Waals surface area contributed by atoms with Crippen LogP contribution in [0.4, 0.5) is 0 Å². The quantitative estimate of drug-likeness (QED) is 0.641. The van der Waals surface area contributed by atoms with Crippen LogP contribution in [0, 0.1) is 19.8 Å². The van der Waals surface area contributed by atoms with E-state index in [1.54, 1.807) is 6.26 Å². The van der Waals surface area contributed by atoms with E-state index in [0.29, 0.717) is 25.1 Å². The molecule has 0 saturated carbocycles. The largest absolute Gasteiger partial charge is 0.469 e. The number of hydrogen-bond acceptors (Lipinski definition) is 4. The summed E-state index contributed by atoms with van der Waals surface area (Å²) < 4.78 is 7.25. The minimum Gasteiger partial charge on any atom is -0.469 e. The Morgan fingerprint density at radius 3 is 2.63 bits per heavy atom. The van der Waals surface area contributed by atoms with Crippen molar-refractivity contribution >= 4 is 5.91 Å². The standard InChI is InChI=1S/C21H25N3O3/c1-15-10-16(2)24(23-15)13-17-5-7-19(8-6-17)21(26)22-12-18(14-25)11-20-4-3-9-27-20/h3-10,18,25H,11-14H2,1-2H3,(H,22,26). The Morgan fingerprint density at radius 1 is 1.26 bits per heavy atom. The van der Waals surface area contributed by atoms with Crippen LogP contribution < -0.4 is 5.32 Å². The fourth-order valence-corrected chi connectivity index (χ4v) is 3.02. The van der Waals surface area contributed by atoms with Crippen LogP contribution in [0.5, 0.6) is 0 Å². The number of carbonyl (C=O) groups excluding carboxylic acids is 1. The Labute approximate surface area is 158 Å². The number of nitrogens with zero attached hydrogens (tertiary/aromatic N) is 2. The molecule has 1 atom stereocenters. The van der Waals surface area contributed by atoms with Crippen LogP contribution in [0.15, 0.2) is 53.1 Å². The molecule has 2 heterocycles. The van der Waals surface area contributed by atoms with Gasteiger partial charge >= 0.3 is 0 Å². The van der Waals surface area contributed by atoms with Gasteiger partial charge in [-0.1, -0.05) is 12.1 Å². The Bertz CT molecular complexity index is 867. The third-order valence-corrected chi connectivity index (χ3v) is 4.53. The van der Waals surface area contributed by atoms with Crippen LogP contribution in [0.2, 0.25) is 0 Å². The van der Waals surface area contributed by atoms with Crippen LogP contribution in [0.25, 0.3) is 0 Å². The van der Waals surface area contributed by atoms with Crippen molar-refractivity contribution in [1.82, 2.24) is 15.1 Å². The third kappa shape index (κ3) is 5.08. The fourth-order valence-electron chi connectivity index (χ4n) is 3.02. The van der Waals surface area contributed by atoms with E-state index in [0.717, 1.165) is 22.7 Å². The number of hydrogen-bond donors (Lipinski definition) is 2. The van der Waals surface area contributed by atoms with Gasteiger partial charge in [0.1, 0.15) is 5.76 Å². The molecule has 1 unspecified atom stereocenters. The SMILES string of the molecule is Cc1cc(C)n(Cc2ccc(C(=O)NCC(CO)Cc3ccco3)cc2)n1. The summed E-state index contributed by atoms with van der Waals surface area (Å²) in [5.41, 5.74) is 3.79. The van der Waals surface area contributed by atoms with Crippen molar-refractivity contribution in [2.75, 3.05) is 13.2 Å². The van der Waals surface area contributed by atoms with Crippen molar-refractivity contribution in [2.45, 2.75) is 26.8 Å². The van der Waals surface area contributed by atoms with Gasteiger partial charge in [-0.2, -0.15) is 5.10 Å². The number of nitrogens with one attached hydrogen (secondary N) is 1. The van der Waals surface area contributed by atoms with Crippen LogP contribution in [-0.2, 0) is 13.0 Å². The Kier molecular flexibility index (Phi) is 6.08. The summed E-state index contributed by atoms with van der Waals surface area (Å²) in [6.07, 6.45) is 2.20. The number of rotatable bonds is 8. The van der Waals surface area contributed by atoms with E-state index >= 15 is 0 Å². The van der Waals surface area contributed by atoms with E-state index in [-0.39, 0.29) is 18.4 Å². The molecule has 1 aromatic carbocycles. The fraction of sp³-hybridized carbons (Fsp3) is 0.333. The highest BCUT2D eigenvalue weighted by Crippen LogP contribution is 2.11. The number of benzene rings is 1. The first kappa shape index (κ1) is 18.9. The number of aromatic nitrogens is 2. The smallest absolute Gasteiger partial charge is 0.251 e. The molecule has 6 nitrogen and oxygen atoms in total. The van der Waals surface area contributed by atoms with Gasteiger partial charge in [0.05, 0.1) is 18.5 Å². The maximum Gasteiger partial charge on any atom is 0.251 e. The highest BCUT2D eigenvalue weighted by atomic mass is 16.3. The lowest BCUT2D eigenvalue weighted by molar-refractivity contribution is 0.0939. The molecule has 0 aliphatic carbocycles. The van der Waals surface area contributed by atoms with Crippen molar-refractivity contribution in [3.63, 3.8) is 0 Å². The zero-order valence-corrected chi connectivity index (χ0v) is 15.7. The number of aryl methyl sites for hydroxylation is 2. The van der Waals surface area contributed by atoms with Gasteiger partial charge in [-0.15, -0.1) is 0 Å². The van der Waals surface area contributed by atoms with Gasteiger partial charge in [0, 0.05) is 36.7 Å². The molecule has 2 N–H and O–H groups in total. The minimum atomic E-state index is -0.148. The van der Waals surface area contributed by atoms with Gasteiger partial charge in [-0.05, 0) is 49.7 Å². The number of amides is 1. The number of aliphatic hydroxyl groups excluding tert-OH is 1. The molecule has 1 amide bonds. The number of aliphatic hydroxyl groups is 1. The van der Waals surface area contributed by atoms with E-state index in [1.165, 1.54) is 0 Å². The Morgan fingerprint density at radius 2 is 2.04 bits per heavy atom. The molecule has 0 radical (unpaired) electrons. The first-order valence-electron chi connectivity index (χ1n) is 9.06. The first-order chi connectivity index (χ1) is 13.0. The normalized spacial score (nSPS) is 12.1. The molecule has 142 valence electrons. The molecule has 0 aliphatic rings. The molecule has 0 bridgehead atoms. The van der Waals surface area contributed by atoms with Crippen molar-refractivity contribution in [2.24, 2.45) is 5.92 Å². The van der Waals surface area contributed by atoms with E-state index in [1.807, 2.05) is 61.0 Å². The highest BCUT2D eigenvalue weighted by molar-refractivity contribution is 5.94.